The molecule has 27 heavy (non-hydrogen) atoms. The van der Waals surface area contributed by atoms with Gasteiger partial charge in [0, 0.05) is 24.8 Å². The van der Waals surface area contributed by atoms with E-state index in [-0.39, 0.29) is 17.3 Å². The molecular weight excluding hydrogens is 360 g/mol. The molecule has 0 spiro atoms. The molecule has 0 aliphatic rings. The van der Waals surface area contributed by atoms with E-state index >= 15 is 0 Å². The van der Waals surface area contributed by atoms with E-state index in [4.69, 9.17) is 0 Å². The molecular formula is C21H20N2O3S. The molecule has 0 saturated carbocycles. The Labute approximate surface area is 159 Å². The summed E-state index contributed by atoms with van der Waals surface area (Å²) >= 11 is 0. The molecule has 0 aliphatic carbocycles. The first-order valence-electron chi connectivity index (χ1n) is 8.43. The summed E-state index contributed by atoms with van der Waals surface area (Å²) in [4.78, 5) is 12.4. The van der Waals surface area contributed by atoms with Gasteiger partial charge >= 0.3 is 0 Å². The number of rotatable bonds is 6. The van der Waals surface area contributed by atoms with Gasteiger partial charge in [-0.05, 0) is 42.0 Å². The first-order valence-corrected chi connectivity index (χ1v) is 9.87. The van der Waals surface area contributed by atoms with Crippen molar-refractivity contribution in [2.45, 2.75) is 11.4 Å². The number of amides is 1. The van der Waals surface area contributed by atoms with Gasteiger partial charge in [-0.1, -0.05) is 48.5 Å². The standard InChI is InChI=1S/C21H20N2O3S/c1-23(16-17-8-4-2-5-9-17)27(25,26)20-14-12-18(13-15-20)21(24)22-19-10-6-3-7-11-19/h2-15H,16H2,1H3,(H,22,24). The Balaban J connectivity index is 1.72. The topological polar surface area (TPSA) is 66.5 Å². The van der Waals surface area contributed by atoms with Crippen LogP contribution in [-0.4, -0.2) is 25.7 Å². The first-order chi connectivity index (χ1) is 13.0. The molecule has 0 radical (unpaired) electrons. The smallest absolute Gasteiger partial charge is 0.255 e. The molecule has 3 rings (SSSR count). The van der Waals surface area contributed by atoms with Crippen molar-refractivity contribution in [3.05, 3.63) is 96.1 Å². The molecule has 0 fully saturated rings. The van der Waals surface area contributed by atoms with Crippen LogP contribution < -0.4 is 5.32 Å². The van der Waals surface area contributed by atoms with Gasteiger partial charge in [-0.15, -0.1) is 0 Å². The van der Waals surface area contributed by atoms with Crippen LogP contribution >= 0.6 is 0 Å². The fourth-order valence-corrected chi connectivity index (χ4v) is 3.77. The van der Waals surface area contributed by atoms with Gasteiger partial charge in [-0.2, -0.15) is 4.31 Å². The molecule has 6 heteroatoms. The minimum atomic E-state index is -3.64. The maximum atomic E-state index is 12.7. The van der Waals surface area contributed by atoms with Gasteiger partial charge in [-0.3, -0.25) is 4.79 Å². The van der Waals surface area contributed by atoms with Crippen molar-refractivity contribution in [1.82, 2.24) is 4.31 Å². The summed E-state index contributed by atoms with van der Waals surface area (Å²) in [5, 5.41) is 2.77. The van der Waals surface area contributed by atoms with Gasteiger partial charge < -0.3 is 5.32 Å². The van der Waals surface area contributed by atoms with Crippen molar-refractivity contribution >= 4 is 21.6 Å². The summed E-state index contributed by atoms with van der Waals surface area (Å²) in [6, 6.07) is 24.4. The number of hydrogen-bond donors (Lipinski definition) is 1. The monoisotopic (exact) mass is 380 g/mol. The van der Waals surface area contributed by atoms with E-state index in [0.717, 1.165) is 5.56 Å². The SMILES string of the molecule is CN(Cc1ccccc1)S(=O)(=O)c1ccc(C(=O)Nc2ccccc2)cc1. The number of sulfonamides is 1. The highest BCUT2D eigenvalue weighted by Gasteiger charge is 2.21. The van der Waals surface area contributed by atoms with E-state index in [9.17, 15) is 13.2 Å². The van der Waals surface area contributed by atoms with Gasteiger partial charge in [-0.25, -0.2) is 8.42 Å². The number of hydrogen-bond acceptors (Lipinski definition) is 3. The van der Waals surface area contributed by atoms with Crippen LogP contribution in [0.3, 0.4) is 0 Å². The summed E-state index contributed by atoms with van der Waals surface area (Å²) in [5.74, 6) is -0.289. The fraction of sp³-hybridized carbons (Fsp3) is 0.0952. The Morgan fingerprint density at radius 2 is 1.41 bits per heavy atom. The molecule has 0 bridgehead atoms. The molecule has 0 saturated heterocycles. The minimum absolute atomic E-state index is 0.150. The molecule has 0 unspecified atom stereocenters. The molecule has 5 nitrogen and oxygen atoms in total. The molecule has 0 aromatic heterocycles. The minimum Gasteiger partial charge on any atom is -0.322 e. The van der Waals surface area contributed by atoms with E-state index in [1.165, 1.54) is 28.6 Å². The lowest BCUT2D eigenvalue weighted by Gasteiger charge is -2.17. The third-order valence-corrected chi connectivity index (χ3v) is 5.92. The largest absolute Gasteiger partial charge is 0.322 e. The average molecular weight is 380 g/mol. The Hall–Kier alpha value is -2.96. The van der Waals surface area contributed by atoms with Crippen LogP contribution in [0.2, 0.25) is 0 Å². The van der Waals surface area contributed by atoms with Crippen molar-refractivity contribution in [2.75, 3.05) is 12.4 Å². The molecule has 0 atom stereocenters. The second kappa shape index (κ2) is 8.16. The quantitative estimate of drug-likeness (QED) is 0.708. The number of para-hydroxylation sites is 1. The highest BCUT2D eigenvalue weighted by atomic mass is 32.2. The number of nitrogens with one attached hydrogen (secondary N) is 1. The third-order valence-electron chi connectivity index (χ3n) is 4.10. The summed E-state index contributed by atoms with van der Waals surface area (Å²) in [6.07, 6.45) is 0. The van der Waals surface area contributed by atoms with Gasteiger partial charge in [0.15, 0.2) is 0 Å². The fourth-order valence-electron chi connectivity index (χ4n) is 2.61. The maximum Gasteiger partial charge on any atom is 0.255 e. The van der Waals surface area contributed by atoms with Gasteiger partial charge in [0.05, 0.1) is 4.90 Å². The lowest BCUT2D eigenvalue weighted by Crippen LogP contribution is -2.26. The highest BCUT2D eigenvalue weighted by molar-refractivity contribution is 7.89. The number of anilines is 1. The molecule has 0 heterocycles. The summed E-state index contributed by atoms with van der Waals surface area (Å²) in [6.45, 7) is 0.277. The normalized spacial score (nSPS) is 11.3. The van der Waals surface area contributed by atoms with Crippen molar-refractivity contribution in [3.8, 4) is 0 Å². The molecule has 1 N–H and O–H groups in total. The Morgan fingerprint density at radius 3 is 2.00 bits per heavy atom. The second-order valence-electron chi connectivity index (χ2n) is 6.09. The van der Waals surface area contributed by atoms with E-state index in [1.54, 1.807) is 19.2 Å². The van der Waals surface area contributed by atoms with Gasteiger partial charge in [0.2, 0.25) is 10.0 Å². The number of nitrogens with zero attached hydrogens (tertiary/aromatic N) is 1. The second-order valence-corrected chi connectivity index (χ2v) is 8.14. The van der Waals surface area contributed by atoms with Crippen molar-refractivity contribution in [2.24, 2.45) is 0 Å². The Morgan fingerprint density at radius 1 is 0.852 bits per heavy atom. The van der Waals surface area contributed by atoms with Crippen molar-refractivity contribution in [1.29, 1.82) is 0 Å². The lowest BCUT2D eigenvalue weighted by molar-refractivity contribution is 0.102. The number of benzene rings is 3. The van der Waals surface area contributed by atoms with E-state index in [1.807, 2.05) is 48.5 Å². The number of carbonyl (C=O) groups excluding carboxylic acids is 1. The third kappa shape index (κ3) is 4.61. The first kappa shape index (κ1) is 18.8. The predicted octanol–water partition coefficient (Wildman–Crippen LogP) is 3.76. The highest BCUT2D eigenvalue weighted by Crippen LogP contribution is 2.18. The zero-order valence-corrected chi connectivity index (χ0v) is 15.7. The zero-order valence-electron chi connectivity index (χ0n) is 14.9. The molecule has 3 aromatic carbocycles. The van der Waals surface area contributed by atoms with Crippen LogP contribution in [0.15, 0.2) is 89.8 Å². The molecule has 3 aromatic rings. The van der Waals surface area contributed by atoms with Crippen LogP contribution in [0.1, 0.15) is 15.9 Å². The molecule has 1 amide bonds. The van der Waals surface area contributed by atoms with Gasteiger partial charge in [0.25, 0.3) is 5.91 Å². The average Bonchev–Trinajstić information content (AvgIpc) is 2.69. The van der Waals surface area contributed by atoms with Crippen molar-refractivity contribution < 1.29 is 13.2 Å². The summed E-state index contributed by atoms with van der Waals surface area (Å²) < 4.78 is 26.8. The Bertz CT molecular complexity index is 1000. The van der Waals surface area contributed by atoms with Crippen LogP contribution in [-0.2, 0) is 16.6 Å². The van der Waals surface area contributed by atoms with Gasteiger partial charge in [0.1, 0.15) is 0 Å². The lowest BCUT2D eigenvalue weighted by atomic mass is 10.2. The Kier molecular flexibility index (Phi) is 5.69. The van der Waals surface area contributed by atoms with Crippen LogP contribution in [0.25, 0.3) is 0 Å². The zero-order chi connectivity index (χ0) is 19.3. The maximum absolute atomic E-state index is 12.7. The van der Waals surface area contributed by atoms with E-state index < -0.39 is 10.0 Å². The van der Waals surface area contributed by atoms with Crippen LogP contribution in [0, 0.1) is 0 Å². The summed E-state index contributed by atoms with van der Waals surface area (Å²) in [7, 11) is -2.10. The predicted molar refractivity (Wildman–Crippen MR) is 106 cm³/mol. The van der Waals surface area contributed by atoms with E-state index in [2.05, 4.69) is 5.32 Å². The number of carbonyl (C=O) groups is 1. The van der Waals surface area contributed by atoms with Crippen molar-refractivity contribution in [3.63, 3.8) is 0 Å². The molecule has 0 aliphatic heterocycles. The summed E-state index contributed by atoms with van der Waals surface area (Å²) in [5.41, 5.74) is 1.98. The van der Waals surface area contributed by atoms with Crippen LogP contribution in [0.5, 0.6) is 0 Å². The molecule has 138 valence electrons. The van der Waals surface area contributed by atoms with Crippen LogP contribution in [0.4, 0.5) is 5.69 Å². The van der Waals surface area contributed by atoms with E-state index in [0.29, 0.717) is 11.3 Å².